The Morgan fingerprint density at radius 1 is 0.830 bits per heavy atom. The molecule has 0 saturated carbocycles. The summed E-state index contributed by atoms with van der Waals surface area (Å²) in [5.74, 6) is -0.583. The normalized spacial score (nSPS) is 11.8. The molecule has 1 N–H and O–H groups in total. The lowest BCUT2D eigenvalue weighted by Crippen LogP contribution is -2.53. The van der Waals surface area contributed by atoms with Crippen LogP contribution in [-0.2, 0) is 32.6 Å². The number of sulfonamides is 1. The lowest BCUT2D eigenvalue weighted by atomic mass is 10.0. The van der Waals surface area contributed by atoms with E-state index < -0.39 is 34.4 Å². The molecule has 0 radical (unpaired) electrons. The third-order valence-electron chi connectivity index (χ3n) is 7.35. The van der Waals surface area contributed by atoms with E-state index in [1.54, 1.807) is 25.1 Å². The van der Waals surface area contributed by atoms with Gasteiger partial charge in [0.2, 0.25) is 11.8 Å². The van der Waals surface area contributed by atoms with E-state index in [1.807, 2.05) is 30.3 Å². The Bertz CT molecular complexity index is 1790. The fourth-order valence-corrected chi connectivity index (χ4v) is 7.01. The van der Waals surface area contributed by atoms with Gasteiger partial charge < -0.3 is 19.7 Å². The quantitative estimate of drug-likeness (QED) is 0.157. The van der Waals surface area contributed by atoms with Gasteiger partial charge in [0.15, 0.2) is 11.5 Å². The van der Waals surface area contributed by atoms with Crippen LogP contribution < -0.4 is 19.1 Å². The van der Waals surface area contributed by atoms with Crippen LogP contribution in [0.5, 0.6) is 11.5 Å². The Labute approximate surface area is 290 Å². The van der Waals surface area contributed by atoms with Crippen molar-refractivity contribution >= 4 is 62.3 Å². The molecule has 0 spiro atoms. The molecular weight excluding hydrogens is 685 g/mol. The Morgan fingerprint density at radius 3 is 2.06 bits per heavy atom. The number of anilines is 1. The molecule has 0 aliphatic rings. The maximum atomic E-state index is 14.5. The first-order valence-corrected chi connectivity index (χ1v) is 17.1. The van der Waals surface area contributed by atoms with Crippen LogP contribution in [0.4, 0.5) is 5.69 Å². The third kappa shape index (κ3) is 8.70. The number of methoxy groups -OCH3 is 2. The molecule has 0 aromatic heterocycles. The SMILES string of the molecule is CCNC(=O)[C@@H](Cc1ccccc1)N(Cc1c(Cl)cccc1Cl)C(=O)CN(c1ccc(Cl)cc1)S(=O)(=O)c1ccc(OC)c(OC)c1. The number of carbonyl (C=O) groups excluding carboxylic acids is 2. The van der Waals surface area contributed by atoms with Gasteiger partial charge in [-0.05, 0) is 61.0 Å². The molecule has 0 fully saturated rings. The molecule has 0 unspecified atom stereocenters. The van der Waals surface area contributed by atoms with Crippen LogP contribution >= 0.6 is 34.8 Å². The van der Waals surface area contributed by atoms with Gasteiger partial charge in [-0.2, -0.15) is 0 Å². The summed E-state index contributed by atoms with van der Waals surface area (Å²) in [5, 5.41) is 3.77. The number of benzene rings is 4. The Hall–Kier alpha value is -3.96. The molecule has 0 saturated heterocycles. The Kier molecular flexibility index (Phi) is 12.4. The highest BCUT2D eigenvalue weighted by molar-refractivity contribution is 7.92. The molecule has 2 amide bonds. The minimum absolute atomic E-state index is 0.143. The Balaban J connectivity index is 1.85. The molecule has 9 nitrogen and oxygen atoms in total. The minimum atomic E-state index is -4.40. The second kappa shape index (κ2) is 16.2. The topological polar surface area (TPSA) is 105 Å². The molecule has 0 heterocycles. The molecule has 4 aromatic carbocycles. The van der Waals surface area contributed by atoms with Crippen LogP contribution in [0.25, 0.3) is 0 Å². The fraction of sp³-hybridized carbons (Fsp3) is 0.235. The van der Waals surface area contributed by atoms with Crippen molar-refractivity contribution in [3.63, 3.8) is 0 Å². The molecule has 13 heteroatoms. The molecule has 4 aromatic rings. The standard InChI is InChI=1S/C34H34Cl3N3O6S/c1-4-38-34(42)30(19-23-9-6-5-7-10-23)39(21-27-28(36)11-8-12-29(27)37)33(41)22-40(25-15-13-24(35)14-16-25)47(43,44)26-17-18-31(45-2)32(20-26)46-3/h5-18,20,30H,4,19,21-22H2,1-3H3,(H,38,42)/t30-/m1/s1. The van der Waals surface area contributed by atoms with Crippen LogP contribution in [0, 0.1) is 0 Å². The van der Waals surface area contributed by atoms with E-state index in [2.05, 4.69) is 5.32 Å². The number of hydrogen-bond acceptors (Lipinski definition) is 6. The van der Waals surface area contributed by atoms with Crippen LogP contribution in [0.3, 0.4) is 0 Å². The monoisotopic (exact) mass is 717 g/mol. The summed E-state index contributed by atoms with van der Waals surface area (Å²) >= 11 is 19.2. The van der Waals surface area contributed by atoms with E-state index in [-0.39, 0.29) is 39.3 Å². The number of halogens is 3. The molecule has 0 aliphatic carbocycles. The van der Waals surface area contributed by atoms with Gasteiger partial charge in [0.05, 0.1) is 24.8 Å². The summed E-state index contributed by atoms with van der Waals surface area (Å²) in [6.07, 6.45) is 0.143. The third-order valence-corrected chi connectivity index (χ3v) is 10.1. The van der Waals surface area contributed by atoms with Crippen LogP contribution in [0.2, 0.25) is 15.1 Å². The van der Waals surface area contributed by atoms with Crippen molar-refractivity contribution in [2.75, 3.05) is 31.6 Å². The average molecular weight is 719 g/mol. The first-order chi connectivity index (χ1) is 22.5. The maximum absolute atomic E-state index is 14.5. The number of rotatable bonds is 14. The van der Waals surface area contributed by atoms with Gasteiger partial charge >= 0.3 is 0 Å². The van der Waals surface area contributed by atoms with Crippen molar-refractivity contribution in [3.05, 3.63) is 117 Å². The van der Waals surface area contributed by atoms with Crippen LogP contribution in [0.1, 0.15) is 18.1 Å². The first-order valence-electron chi connectivity index (χ1n) is 14.5. The summed E-state index contributed by atoms with van der Waals surface area (Å²) < 4.78 is 40.2. The summed E-state index contributed by atoms with van der Waals surface area (Å²) in [5.41, 5.74) is 1.37. The molecule has 47 heavy (non-hydrogen) atoms. The highest BCUT2D eigenvalue weighted by Crippen LogP contribution is 2.33. The number of hydrogen-bond donors (Lipinski definition) is 1. The van der Waals surface area contributed by atoms with Crippen molar-refractivity contribution in [2.45, 2.75) is 30.8 Å². The summed E-state index contributed by atoms with van der Waals surface area (Å²) in [7, 11) is -1.58. The van der Waals surface area contributed by atoms with Crippen molar-refractivity contribution in [1.82, 2.24) is 10.2 Å². The molecule has 1 atom stereocenters. The van der Waals surface area contributed by atoms with Gasteiger partial charge in [0.1, 0.15) is 12.6 Å². The second-order valence-electron chi connectivity index (χ2n) is 10.3. The first kappa shape index (κ1) is 35.9. The number of nitrogens with zero attached hydrogens (tertiary/aromatic N) is 2. The van der Waals surface area contributed by atoms with E-state index in [9.17, 15) is 18.0 Å². The van der Waals surface area contributed by atoms with Gasteiger partial charge in [-0.15, -0.1) is 0 Å². The van der Waals surface area contributed by atoms with Crippen LogP contribution in [0.15, 0.2) is 95.9 Å². The van der Waals surface area contributed by atoms with Crippen molar-refractivity contribution < 1.29 is 27.5 Å². The number of nitrogens with one attached hydrogen (secondary N) is 1. The average Bonchev–Trinajstić information content (AvgIpc) is 3.06. The summed E-state index contributed by atoms with van der Waals surface area (Å²) in [4.78, 5) is 29.4. The lowest BCUT2D eigenvalue weighted by molar-refractivity contribution is -0.140. The summed E-state index contributed by atoms with van der Waals surface area (Å²) in [6.45, 7) is 1.23. The van der Waals surface area contributed by atoms with Gasteiger partial charge in [-0.3, -0.25) is 13.9 Å². The molecule has 0 bridgehead atoms. The van der Waals surface area contributed by atoms with E-state index in [0.29, 0.717) is 22.9 Å². The van der Waals surface area contributed by atoms with Gasteiger partial charge in [0.25, 0.3) is 10.0 Å². The Morgan fingerprint density at radius 2 is 1.47 bits per heavy atom. The molecular formula is C34H34Cl3N3O6S. The highest BCUT2D eigenvalue weighted by atomic mass is 35.5. The molecule has 248 valence electrons. The van der Waals surface area contributed by atoms with E-state index in [1.165, 1.54) is 61.6 Å². The van der Waals surface area contributed by atoms with Gasteiger partial charge in [-0.1, -0.05) is 71.2 Å². The van der Waals surface area contributed by atoms with Gasteiger partial charge in [-0.25, -0.2) is 8.42 Å². The van der Waals surface area contributed by atoms with Gasteiger partial charge in [0, 0.05) is 46.2 Å². The van der Waals surface area contributed by atoms with Crippen molar-refractivity contribution in [1.29, 1.82) is 0 Å². The minimum Gasteiger partial charge on any atom is -0.493 e. The van der Waals surface area contributed by atoms with E-state index in [4.69, 9.17) is 44.3 Å². The zero-order chi connectivity index (χ0) is 34.1. The largest absolute Gasteiger partial charge is 0.493 e. The fourth-order valence-electron chi connectivity index (χ4n) is 4.94. The smallest absolute Gasteiger partial charge is 0.264 e. The number of carbonyl (C=O) groups is 2. The maximum Gasteiger partial charge on any atom is 0.264 e. The zero-order valence-electron chi connectivity index (χ0n) is 26.0. The highest BCUT2D eigenvalue weighted by Gasteiger charge is 2.35. The van der Waals surface area contributed by atoms with E-state index >= 15 is 0 Å². The number of amides is 2. The molecule has 0 aliphatic heterocycles. The molecule has 4 rings (SSSR count). The van der Waals surface area contributed by atoms with Crippen LogP contribution in [-0.4, -0.2) is 58.5 Å². The number of ether oxygens (including phenoxy) is 2. The zero-order valence-corrected chi connectivity index (χ0v) is 29.0. The second-order valence-corrected chi connectivity index (χ2v) is 13.4. The predicted octanol–water partition coefficient (Wildman–Crippen LogP) is 6.64. The lowest BCUT2D eigenvalue weighted by Gasteiger charge is -2.34. The summed E-state index contributed by atoms with van der Waals surface area (Å²) in [6, 6.07) is 23.3. The number of likely N-dealkylation sites (N-methyl/N-ethyl adjacent to an activating group) is 1. The van der Waals surface area contributed by atoms with E-state index in [0.717, 1.165) is 9.87 Å². The predicted molar refractivity (Wildman–Crippen MR) is 185 cm³/mol. The van der Waals surface area contributed by atoms with Crippen molar-refractivity contribution in [2.24, 2.45) is 0 Å². The van der Waals surface area contributed by atoms with Crippen molar-refractivity contribution in [3.8, 4) is 11.5 Å².